The van der Waals surface area contributed by atoms with E-state index in [1.165, 1.54) is 12.0 Å². The Morgan fingerprint density at radius 1 is 1.26 bits per heavy atom. The lowest BCUT2D eigenvalue weighted by molar-refractivity contribution is -0.146. The van der Waals surface area contributed by atoms with Gasteiger partial charge in [0.15, 0.2) is 0 Å². The molecule has 1 amide bonds. The monoisotopic (exact) mass is 320 g/mol. The Hall–Kier alpha value is -2.08. The fourth-order valence-corrected chi connectivity index (χ4v) is 2.81. The molecule has 2 unspecified atom stereocenters. The molecule has 1 aliphatic rings. The molecule has 1 aromatic rings. The van der Waals surface area contributed by atoms with E-state index in [0.717, 1.165) is 11.3 Å². The first-order valence-electron chi connectivity index (χ1n) is 7.63. The zero-order chi connectivity index (χ0) is 17.2. The molecule has 1 aromatic carbocycles. The third-order valence-electron chi connectivity index (χ3n) is 3.74. The standard InChI is InChI=1S/C17H24N2O4/c1-17(2,3)23-16(21)19-13-9-7-6-8-11(13)10-12(14(19)18-4)15(20)22-5/h6-9,12,14,18H,10H2,1-5H3. The summed E-state index contributed by atoms with van der Waals surface area (Å²) in [5.74, 6) is -0.847. The molecule has 1 N–H and O–H groups in total. The molecule has 6 nitrogen and oxygen atoms in total. The molecule has 2 atom stereocenters. The van der Waals surface area contributed by atoms with Crippen LogP contribution in [0.4, 0.5) is 10.5 Å². The number of ether oxygens (including phenoxy) is 2. The Kier molecular flexibility index (Phi) is 4.94. The van der Waals surface area contributed by atoms with Gasteiger partial charge in [-0.2, -0.15) is 0 Å². The molecule has 2 rings (SSSR count). The van der Waals surface area contributed by atoms with Crippen molar-refractivity contribution in [2.45, 2.75) is 39.0 Å². The van der Waals surface area contributed by atoms with Gasteiger partial charge in [0, 0.05) is 0 Å². The number of carbonyl (C=O) groups excluding carboxylic acids is 2. The van der Waals surface area contributed by atoms with E-state index in [-0.39, 0.29) is 5.97 Å². The van der Waals surface area contributed by atoms with Gasteiger partial charge in [-0.25, -0.2) is 4.79 Å². The zero-order valence-corrected chi connectivity index (χ0v) is 14.3. The maximum absolute atomic E-state index is 12.7. The lowest BCUT2D eigenvalue weighted by atomic mass is 9.89. The van der Waals surface area contributed by atoms with Crippen LogP contribution in [0.1, 0.15) is 26.3 Å². The summed E-state index contributed by atoms with van der Waals surface area (Å²) in [4.78, 5) is 26.4. The van der Waals surface area contributed by atoms with Crippen LogP contribution in [0.2, 0.25) is 0 Å². The summed E-state index contributed by atoms with van der Waals surface area (Å²) in [6.07, 6.45) is -0.502. The number of carbonyl (C=O) groups is 2. The molecular weight excluding hydrogens is 296 g/mol. The first-order chi connectivity index (χ1) is 10.8. The van der Waals surface area contributed by atoms with Gasteiger partial charge in [-0.1, -0.05) is 18.2 Å². The number of para-hydroxylation sites is 1. The molecule has 0 aromatic heterocycles. The van der Waals surface area contributed by atoms with Gasteiger partial charge in [-0.3, -0.25) is 15.0 Å². The van der Waals surface area contributed by atoms with Crippen molar-refractivity contribution in [2.24, 2.45) is 5.92 Å². The van der Waals surface area contributed by atoms with Crippen LogP contribution in [0.25, 0.3) is 0 Å². The summed E-state index contributed by atoms with van der Waals surface area (Å²) in [6.45, 7) is 5.44. The summed E-state index contributed by atoms with van der Waals surface area (Å²) >= 11 is 0. The van der Waals surface area contributed by atoms with Crippen molar-refractivity contribution in [2.75, 3.05) is 19.1 Å². The van der Waals surface area contributed by atoms with Gasteiger partial charge >= 0.3 is 12.1 Å². The van der Waals surface area contributed by atoms with Crippen LogP contribution in [0.15, 0.2) is 24.3 Å². The van der Waals surface area contributed by atoms with Gasteiger partial charge in [-0.05, 0) is 45.9 Å². The van der Waals surface area contributed by atoms with Gasteiger partial charge in [-0.15, -0.1) is 0 Å². The minimum Gasteiger partial charge on any atom is -0.469 e. The Morgan fingerprint density at radius 2 is 1.91 bits per heavy atom. The van der Waals surface area contributed by atoms with Gasteiger partial charge in [0.25, 0.3) is 0 Å². The Bertz CT molecular complexity index is 595. The molecule has 0 bridgehead atoms. The second-order valence-electron chi connectivity index (χ2n) is 6.55. The van der Waals surface area contributed by atoms with E-state index >= 15 is 0 Å². The molecule has 0 fully saturated rings. The van der Waals surface area contributed by atoms with E-state index in [2.05, 4.69) is 5.32 Å². The molecule has 1 aliphatic heterocycles. The van der Waals surface area contributed by atoms with Crippen LogP contribution in [0.5, 0.6) is 0 Å². The average molecular weight is 320 g/mol. The second-order valence-corrected chi connectivity index (χ2v) is 6.55. The number of esters is 1. The first kappa shape index (κ1) is 17.3. The molecule has 0 spiro atoms. The smallest absolute Gasteiger partial charge is 0.416 e. The van der Waals surface area contributed by atoms with Crippen molar-refractivity contribution in [3.05, 3.63) is 29.8 Å². The molecule has 6 heteroatoms. The third kappa shape index (κ3) is 3.64. The molecular formula is C17H24N2O4. The summed E-state index contributed by atoms with van der Waals surface area (Å²) in [5.41, 5.74) is 1.05. The van der Waals surface area contributed by atoms with Crippen molar-refractivity contribution in [1.29, 1.82) is 0 Å². The fraction of sp³-hybridized carbons (Fsp3) is 0.529. The average Bonchev–Trinajstić information content (AvgIpc) is 2.50. The van der Waals surface area contributed by atoms with Crippen LogP contribution in [-0.2, 0) is 20.7 Å². The number of hydrogen-bond acceptors (Lipinski definition) is 5. The van der Waals surface area contributed by atoms with E-state index in [4.69, 9.17) is 9.47 Å². The Balaban J connectivity index is 2.46. The van der Waals surface area contributed by atoms with Crippen LogP contribution in [-0.4, -0.2) is 38.0 Å². The van der Waals surface area contributed by atoms with E-state index in [1.807, 2.05) is 45.0 Å². The van der Waals surface area contributed by atoms with Crippen molar-refractivity contribution in [3.8, 4) is 0 Å². The van der Waals surface area contributed by atoms with E-state index in [0.29, 0.717) is 6.42 Å². The normalized spacial score (nSPS) is 20.7. The van der Waals surface area contributed by atoms with E-state index < -0.39 is 23.8 Å². The maximum Gasteiger partial charge on any atom is 0.416 e. The number of nitrogens with one attached hydrogen (secondary N) is 1. The zero-order valence-electron chi connectivity index (χ0n) is 14.3. The van der Waals surface area contributed by atoms with Crippen LogP contribution in [0.3, 0.4) is 0 Å². The number of nitrogens with zero attached hydrogens (tertiary/aromatic N) is 1. The predicted octanol–water partition coefficient (Wildman–Crippen LogP) is 2.32. The van der Waals surface area contributed by atoms with E-state index in [9.17, 15) is 9.59 Å². The lowest BCUT2D eigenvalue weighted by Crippen LogP contribution is -2.58. The molecule has 1 heterocycles. The molecule has 0 radical (unpaired) electrons. The van der Waals surface area contributed by atoms with Crippen LogP contribution >= 0.6 is 0 Å². The summed E-state index contributed by atoms with van der Waals surface area (Å²) in [7, 11) is 3.07. The quantitative estimate of drug-likeness (QED) is 0.847. The number of methoxy groups -OCH3 is 1. The summed E-state index contributed by atoms with van der Waals surface area (Å²) in [5, 5.41) is 3.05. The lowest BCUT2D eigenvalue weighted by Gasteiger charge is -2.41. The SMILES string of the molecule is CNC1C(C(=O)OC)Cc2ccccc2N1C(=O)OC(C)(C)C. The second kappa shape index (κ2) is 6.58. The topological polar surface area (TPSA) is 67.9 Å². The summed E-state index contributed by atoms with van der Waals surface area (Å²) < 4.78 is 10.4. The highest BCUT2D eigenvalue weighted by molar-refractivity contribution is 5.92. The van der Waals surface area contributed by atoms with E-state index in [1.54, 1.807) is 7.05 Å². The van der Waals surface area contributed by atoms with Crippen LogP contribution in [0, 0.1) is 5.92 Å². The number of anilines is 1. The highest BCUT2D eigenvalue weighted by Gasteiger charge is 2.42. The van der Waals surface area contributed by atoms with Crippen LogP contribution < -0.4 is 10.2 Å². The molecule has 0 saturated carbocycles. The number of amides is 1. The highest BCUT2D eigenvalue weighted by atomic mass is 16.6. The van der Waals surface area contributed by atoms with Gasteiger partial charge < -0.3 is 9.47 Å². The molecule has 0 saturated heterocycles. The third-order valence-corrected chi connectivity index (χ3v) is 3.74. The van der Waals surface area contributed by atoms with Crippen molar-refractivity contribution < 1.29 is 19.1 Å². The fourth-order valence-electron chi connectivity index (χ4n) is 2.81. The Labute approximate surface area is 136 Å². The minimum absolute atomic E-state index is 0.354. The van der Waals surface area contributed by atoms with Crippen molar-refractivity contribution >= 4 is 17.7 Å². The number of benzene rings is 1. The predicted molar refractivity (Wildman–Crippen MR) is 87.2 cm³/mol. The largest absolute Gasteiger partial charge is 0.469 e. The van der Waals surface area contributed by atoms with Gasteiger partial charge in [0.2, 0.25) is 0 Å². The Morgan fingerprint density at radius 3 is 2.48 bits per heavy atom. The van der Waals surface area contributed by atoms with Crippen molar-refractivity contribution in [1.82, 2.24) is 5.32 Å². The summed E-state index contributed by atoms with van der Waals surface area (Å²) in [6, 6.07) is 7.52. The minimum atomic E-state index is -0.622. The van der Waals surface area contributed by atoms with Crippen molar-refractivity contribution in [3.63, 3.8) is 0 Å². The molecule has 126 valence electrons. The molecule has 23 heavy (non-hydrogen) atoms. The van der Waals surface area contributed by atoms with Gasteiger partial charge in [0.1, 0.15) is 11.8 Å². The first-order valence-corrected chi connectivity index (χ1v) is 7.63. The number of hydrogen-bond donors (Lipinski definition) is 1. The number of fused-ring (bicyclic) bond motifs is 1. The van der Waals surface area contributed by atoms with Gasteiger partial charge in [0.05, 0.1) is 18.7 Å². The molecule has 0 aliphatic carbocycles. The number of rotatable bonds is 2. The maximum atomic E-state index is 12.7. The highest BCUT2D eigenvalue weighted by Crippen LogP contribution is 2.34.